The van der Waals surface area contributed by atoms with Crippen molar-refractivity contribution in [1.82, 2.24) is 9.97 Å². The smallest absolute Gasteiger partial charge is 0.142 e. The van der Waals surface area contributed by atoms with E-state index in [1.807, 2.05) is 11.3 Å². The third-order valence-corrected chi connectivity index (χ3v) is 6.51. The summed E-state index contributed by atoms with van der Waals surface area (Å²) in [5.74, 6) is 1.71. The molecule has 0 spiro atoms. The lowest BCUT2D eigenvalue weighted by Crippen LogP contribution is -2.21. The Morgan fingerprint density at radius 2 is 1.92 bits per heavy atom. The third-order valence-electron chi connectivity index (χ3n) is 5.35. The van der Waals surface area contributed by atoms with E-state index in [0.717, 1.165) is 41.8 Å². The van der Waals surface area contributed by atoms with Gasteiger partial charge in [0.2, 0.25) is 0 Å². The zero-order chi connectivity index (χ0) is 18.1. The molecule has 0 amide bonds. The molecule has 0 aliphatic heterocycles. The number of fused-ring (bicyclic) bond motifs is 3. The number of rotatable bonds is 5. The molecule has 4 rings (SSSR count). The summed E-state index contributed by atoms with van der Waals surface area (Å²) in [5.41, 5.74) is 3.80. The fourth-order valence-corrected chi connectivity index (χ4v) is 5.20. The van der Waals surface area contributed by atoms with Crippen molar-refractivity contribution in [2.45, 2.75) is 40.0 Å². The van der Waals surface area contributed by atoms with Gasteiger partial charge in [-0.15, -0.1) is 11.3 Å². The largest absolute Gasteiger partial charge is 0.372 e. The second-order valence-corrected chi connectivity index (χ2v) is 8.18. The van der Waals surface area contributed by atoms with E-state index in [2.05, 4.69) is 65.2 Å². The minimum Gasteiger partial charge on any atom is -0.372 e. The summed E-state index contributed by atoms with van der Waals surface area (Å²) in [6.07, 6.45) is 5.25. The first-order valence-electron chi connectivity index (χ1n) is 9.56. The number of hydrogen-bond donors (Lipinski definition) is 1. The van der Waals surface area contributed by atoms with Crippen molar-refractivity contribution in [2.75, 3.05) is 23.3 Å². The first-order chi connectivity index (χ1) is 12.7. The molecule has 4 nitrogen and oxygen atoms in total. The number of hydrogen-bond acceptors (Lipinski definition) is 5. The summed E-state index contributed by atoms with van der Waals surface area (Å²) in [4.78, 5) is 14.1. The SMILES string of the molecule is CCN(CC)c1ccc(Nc2ncnc3sc4c(c23)CC[C@@H](C)C4)cc1. The van der Waals surface area contributed by atoms with E-state index in [9.17, 15) is 0 Å². The Balaban J connectivity index is 1.65. The van der Waals surface area contributed by atoms with E-state index in [1.54, 1.807) is 6.33 Å². The van der Waals surface area contributed by atoms with Crippen molar-refractivity contribution in [3.8, 4) is 0 Å². The van der Waals surface area contributed by atoms with E-state index >= 15 is 0 Å². The summed E-state index contributed by atoms with van der Waals surface area (Å²) in [5, 5.41) is 4.76. The molecule has 1 N–H and O–H groups in total. The maximum atomic E-state index is 4.57. The van der Waals surface area contributed by atoms with Crippen LogP contribution in [0, 0.1) is 5.92 Å². The summed E-state index contributed by atoms with van der Waals surface area (Å²) in [6.45, 7) is 8.77. The van der Waals surface area contributed by atoms with E-state index in [0.29, 0.717) is 0 Å². The topological polar surface area (TPSA) is 41.0 Å². The molecule has 0 saturated carbocycles. The van der Waals surface area contributed by atoms with Gasteiger partial charge in [-0.05, 0) is 68.9 Å². The minimum absolute atomic E-state index is 0.771. The van der Waals surface area contributed by atoms with Gasteiger partial charge in [-0.25, -0.2) is 9.97 Å². The van der Waals surface area contributed by atoms with Gasteiger partial charge in [-0.1, -0.05) is 6.92 Å². The second kappa shape index (κ2) is 7.23. The molecule has 0 fully saturated rings. The molecule has 2 aromatic heterocycles. The van der Waals surface area contributed by atoms with Gasteiger partial charge in [-0.3, -0.25) is 0 Å². The van der Waals surface area contributed by atoms with Gasteiger partial charge in [0.05, 0.1) is 5.39 Å². The van der Waals surface area contributed by atoms with Crippen LogP contribution >= 0.6 is 11.3 Å². The number of anilines is 3. The van der Waals surface area contributed by atoms with Crippen LogP contribution in [0.5, 0.6) is 0 Å². The van der Waals surface area contributed by atoms with Crippen molar-refractivity contribution in [3.05, 3.63) is 41.0 Å². The molecule has 1 aromatic carbocycles. The molecule has 1 aliphatic rings. The third kappa shape index (κ3) is 3.16. The van der Waals surface area contributed by atoms with Crippen molar-refractivity contribution in [1.29, 1.82) is 0 Å². The Bertz CT molecular complexity index is 896. The van der Waals surface area contributed by atoms with Gasteiger partial charge < -0.3 is 10.2 Å². The summed E-state index contributed by atoms with van der Waals surface area (Å²) >= 11 is 1.84. The van der Waals surface area contributed by atoms with E-state index < -0.39 is 0 Å². The van der Waals surface area contributed by atoms with Gasteiger partial charge in [0.25, 0.3) is 0 Å². The van der Waals surface area contributed by atoms with Gasteiger partial charge in [0.15, 0.2) is 0 Å². The van der Waals surface area contributed by atoms with Crippen LogP contribution in [0.3, 0.4) is 0 Å². The molecular weight excluding hydrogens is 340 g/mol. The molecule has 1 atom stereocenters. The first kappa shape index (κ1) is 17.3. The highest BCUT2D eigenvalue weighted by Crippen LogP contribution is 2.40. The van der Waals surface area contributed by atoms with Gasteiger partial charge >= 0.3 is 0 Å². The highest BCUT2D eigenvalue weighted by Gasteiger charge is 2.23. The predicted octanol–water partition coefficient (Wildman–Crippen LogP) is 5.41. The van der Waals surface area contributed by atoms with Crippen molar-refractivity contribution < 1.29 is 0 Å². The molecule has 0 saturated heterocycles. The van der Waals surface area contributed by atoms with Crippen LogP contribution in [-0.4, -0.2) is 23.1 Å². The highest BCUT2D eigenvalue weighted by atomic mass is 32.1. The standard InChI is InChI=1S/C21H26N4S/c1-4-25(5-2)16-9-7-15(8-10-16)24-20-19-17-11-6-14(3)12-18(17)26-21(19)23-13-22-20/h7-10,13-14H,4-6,11-12H2,1-3H3,(H,22,23,24)/t14-/m1/s1. The molecule has 5 heteroatoms. The zero-order valence-corrected chi connectivity index (χ0v) is 16.6. The Morgan fingerprint density at radius 3 is 2.65 bits per heavy atom. The minimum atomic E-state index is 0.771. The average molecular weight is 367 g/mol. The van der Waals surface area contributed by atoms with E-state index in [4.69, 9.17) is 0 Å². The molecule has 2 heterocycles. The van der Waals surface area contributed by atoms with Crippen LogP contribution in [0.15, 0.2) is 30.6 Å². The number of nitrogens with one attached hydrogen (secondary N) is 1. The zero-order valence-electron chi connectivity index (χ0n) is 15.7. The maximum Gasteiger partial charge on any atom is 0.142 e. The average Bonchev–Trinajstić information content (AvgIpc) is 3.02. The quantitative estimate of drug-likeness (QED) is 0.656. The fourth-order valence-electron chi connectivity index (χ4n) is 3.85. The van der Waals surface area contributed by atoms with E-state index in [1.165, 1.54) is 34.4 Å². The summed E-state index contributed by atoms with van der Waals surface area (Å²) in [7, 11) is 0. The predicted molar refractivity (Wildman–Crippen MR) is 112 cm³/mol. The first-order valence-corrected chi connectivity index (χ1v) is 10.4. The van der Waals surface area contributed by atoms with Crippen LogP contribution < -0.4 is 10.2 Å². The number of aromatic nitrogens is 2. The molecule has 3 aromatic rings. The summed E-state index contributed by atoms with van der Waals surface area (Å²) < 4.78 is 0. The molecular formula is C21H26N4S. The Hall–Kier alpha value is -2.14. The maximum absolute atomic E-state index is 4.57. The lowest BCUT2D eigenvalue weighted by molar-refractivity contribution is 0.509. The van der Waals surface area contributed by atoms with Crippen molar-refractivity contribution >= 4 is 38.7 Å². The van der Waals surface area contributed by atoms with Crippen LogP contribution in [-0.2, 0) is 12.8 Å². The van der Waals surface area contributed by atoms with Crippen LogP contribution in [0.1, 0.15) is 37.6 Å². The monoisotopic (exact) mass is 366 g/mol. The Labute approximate surface area is 159 Å². The highest BCUT2D eigenvalue weighted by molar-refractivity contribution is 7.19. The lowest BCUT2D eigenvalue weighted by atomic mass is 9.89. The lowest BCUT2D eigenvalue weighted by Gasteiger charge is -2.21. The molecule has 1 aliphatic carbocycles. The van der Waals surface area contributed by atoms with Gasteiger partial charge in [0, 0.05) is 29.3 Å². The van der Waals surface area contributed by atoms with E-state index in [-0.39, 0.29) is 0 Å². The fraction of sp³-hybridized carbons (Fsp3) is 0.429. The van der Waals surface area contributed by atoms with Crippen LogP contribution in [0.2, 0.25) is 0 Å². The summed E-state index contributed by atoms with van der Waals surface area (Å²) in [6, 6.07) is 8.64. The Morgan fingerprint density at radius 1 is 1.15 bits per heavy atom. The normalized spacial score (nSPS) is 16.5. The molecule has 0 unspecified atom stereocenters. The number of aryl methyl sites for hydroxylation is 1. The molecule has 0 bridgehead atoms. The van der Waals surface area contributed by atoms with Gasteiger partial charge in [-0.2, -0.15) is 0 Å². The number of benzene rings is 1. The second-order valence-electron chi connectivity index (χ2n) is 7.10. The van der Waals surface area contributed by atoms with Crippen LogP contribution in [0.25, 0.3) is 10.2 Å². The van der Waals surface area contributed by atoms with Crippen molar-refractivity contribution in [2.24, 2.45) is 5.92 Å². The van der Waals surface area contributed by atoms with Gasteiger partial charge in [0.1, 0.15) is 17.0 Å². The molecule has 136 valence electrons. The Kier molecular flexibility index (Phi) is 4.81. The molecule has 0 radical (unpaired) electrons. The van der Waals surface area contributed by atoms with Crippen molar-refractivity contribution in [3.63, 3.8) is 0 Å². The molecule has 26 heavy (non-hydrogen) atoms. The number of nitrogens with zero attached hydrogens (tertiary/aromatic N) is 3. The van der Waals surface area contributed by atoms with Crippen LogP contribution in [0.4, 0.5) is 17.2 Å². The number of thiophene rings is 1.